The van der Waals surface area contributed by atoms with Crippen LogP contribution in [0.3, 0.4) is 0 Å². The third-order valence-electron chi connectivity index (χ3n) is 5.13. The van der Waals surface area contributed by atoms with Crippen molar-refractivity contribution in [2.75, 3.05) is 33.8 Å². The van der Waals surface area contributed by atoms with Crippen LogP contribution in [0.25, 0.3) is 0 Å². The molecule has 1 saturated heterocycles. The van der Waals surface area contributed by atoms with Crippen molar-refractivity contribution in [1.82, 2.24) is 15.1 Å². The van der Waals surface area contributed by atoms with Gasteiger partial charge in [0.1, 0.15) is 0 Å². The van der Waals surface area contributed by atoms with E-state index in [1.54, 1.807) is 0 Å². The summed E-state index contributed by atoms with van der Waals surface area (Å²) < 4.78 is 0. The molecule has 24 heavy (non-hydrogen) atoms. The monoisotopic (exact) mass is 333 g/mol. The van der Waals surface area contributed by atoms with Gasteiger partial charge in [-0.2, -0.15) is 0 Å². The summed E-state index contributed by atoms with van der Waals surface area (Å²) in [5.41, 5.74) is 2.38. The van der Waals surface area contributed by atoms with E-state index in [-0.39, 0.29) is 18.1 Å². The molecule has 2 N–H and O–H groups in total. The zero-order valence-electron chi connectivity index (χ0n) is 15.2. The van der Waals surface area contributed by atoms with Crippen LogP contribution in [0.4, 0.5) is 4.79 Å². The van der Waals surface area contributed by atoms with Gasteiger partial charge in [0.15, 0.2) is 0 Å². The van der Waals surface area contributed by atoms with Gasteiger partial charge >= 0.3 is 6.03 Å². The first kappa shape index (κ1) is 18.7. The molecule has 2 rings (SSSR count). The second-order valence-electron chi connectivity index (χ2n) is 7.22. The summed E-state index contributed by atoms with van der Waals surface area (Å²) >= 11 is 0. The van der Waals surface area contributed by atoms with Crippen molar-refractivity contribution in [1.29, 1.82) is 0 Å². The lowest BCUT2D eigenvalue weighted by Crippen LogP contribution is -2.48. The van der Waals surface area contributed by atoms with Crippen molar-refractivity contribution in [2.24, 2.45) is 5.41 Å². The van der Waals surface area contributed by atoms with Crippen LogP contribution in [0, 0.1) is 5.41 Å². The molecule has 0 radical (unpaired) electrons. The number of rotatable bonds is 6. The second-order valence-corrected chi connectivity index (χ2v) is 7.22. The number of hydrogen-bond donors (Lipinski definition) is 2. The number of benzene rings is 1. The minimum Gasteiger partial charge on any atom is -0.396 e. The normalized spacial score (nSPS) is 17.1. The summed E-state index contributed by atoms with van der Waals surface area (Å²) in [7, 11) is 4.10. The molecule has 0 aromatic heterocycles. The van der Waals surface area contributed by atoms with Gasteiger partial charge in [-0.3, -0.25) is 0 Å². The van der Waals surface area contributed by atoms with E-state index < -0.39 is 0 Å². The topological polar surface area (TPSA) is 55.8 Å². The molecule has 0 unspecified atom stereocenters. The van der Waals surface area contributed by atoms with Crippen LogP contribution in [0.1, 0.15) is 37.3 Å². The lowest BCUT2D eigenvalue weighted by atomic mass is 9.77. The molecule has 1 aliphatic heterocycles. The van der Waals surface area contributed by atoms with Gasteiger partial charge in [0.25, 0.3) is 0 Å². The van der Waals surface area contributed by atoms with Gasteiger partial charge in [0, 0.05) is 32.8 Å². The molecule has 0 bridgehead atoms. The number of amides is 2. The van der Waals surface area contributed by atoms with E-state index >= 15 is 0 Å². The smallest absolute Gasteiger partial charge is 0.317 e. The summed E-state index contributed by atoms with van der Waals surface area (Å²) in [6.45, 7) is 5.23. The van der Waals surface area contributed by atoms with Gasteiger partial charge in [-0.1, -0.05) is 31.2 Å². The molecule has 5 heteroatoms. The Morgan fingerprint density at radius 2 is 1.96 bits per heavy atom. The van der Waals surface area contributed by atoms with Crippen molar-refractivity contribution in [3.8, 4) is 0 Å². The lowest BCUT2D eigenvalue weighted by molar-refractivity contribution is 0.0519. The first-order valence-electron chi connectivity index (χ1n) is 8.84. The Kier molecular flexibility index (Phi) is 6.63. The Balaban J connectivity index is 1.84. The zero-order chi connectivity index (χ0) is 17.6. The van der Waals surface area contributed by atoms with Crippen molar-refractivity contribution in [2.45, 2.75) is 39.3 Å². The number of nitrogens with zero attached hydrogens (tertiary/aromatic N) is 2. The molecule has 1 fully saturated rings. The average molecular weight is 333 g/mol. The number of aliphatic hydroxyl groups excluding tert-OH is 1. The molecular weight excluding hydrogens is 302 g/mol. The summed E-state index contributed by atoms with van der Waals surface area (Å²) in [6, 6.07) is 8.33. The molecule has 1 aliphatic rings. The van der Waals surface area contributed by atoms with Crippen molar-refractivity contribution >= 4 is 6.03 Å². The van der Waals surface area contributed by atoms with Gasteiger partial charge in [0.05, 0.1) is 0 Å². The van der Waals surface area contributed by atoms with E-state index in [0.717, 1.165) is 44.5 Å². The SMILES string of the molecule is CCC1(CO)CCN(C(=O)NCc2cccc(CN(C)C)c2)CC1. The minimum atomic E-state index is -0.00402. The van der Waals surface area contributed by atoms with Gasteiger partial charge in [0.2, 0.25) is 0 Å². The molecule has 0 spiro atoms. The standard InChI is InChI=1S/C19H31N3O2/c1-4-19(15-23)8-10-22(11-9-19)18(24)20-13-16-6-5-7-17(12-16)14-21(2)3/h5-7,12,23H,4,8-11,13-15H2,1-3H3,(H,20,24). The Morgan fingerprint density at radius 3 is 2.54 bits per heavy atom. The highest BCUT2D eigenvalue weighted by molar-refractivity contribution is 5.74. The highest BCUT2D eigenvalue weighted by Gasteiger charge is 2.33. The Morgan fingerprint density at radius 1 is 1.29 bits per heavy atom. The summed E-state index contributed by atoms with van der Waals surface area (Å²) in [6.07, 6.45) is 2.73. The van der Waals surface area contributed by atoms with E-state index in [9.17, 15) is 9.90 Å². The van der Waals surface area contributed by atoms with Crippen LogP contribution < -0.4 is 5.32 Å². The average Bonchev–Trinajstić information content (AvgIpc) is 2.59. The molecule has 134 valence electrons. The molecule has 1 aromatic carbocycles. The Bertz CT molecular complexity index is 531. The Hall–Kier alpha value is -1.59. The maximum atomic E-state index is 12.4. The quantitative estimate of drug-likeness (QED) is 0.841. The molecule has 5 nitrogen and oxygen atoms in total. The molecule has 0 atom stereocenters. The highest BCUT2D eigenvalue weighted by atomic mass is 16.3. The molecular formula is C19H31N3O2. The van der Waals surface area contributed by atoms with Crippen LogP contribution in [0.2, 0.25) is 0 Å². The van der Waals surface area contributed by atoms with Gasteiger partial charge < -0.3 is 20.2 Å². The molecule has 1 heterocycles. The third kappa shape index (κ3) is 4.95. The summed E-state index contributed by atoms with van der Waals surface area (Å²) in [5, 5.41) is 12.6. The fourth-order valence-corrected chi connectivity index (χ4v) is 3.30. The number of urea groups is 1. The summed E-state index contributed by atoms with van der Waals surface area (Å²) in [5.74, 6) is 0. The zero-order valence-corrected chi connectivity index (χ0v) is 15.2. The van der Waals surface area contributed by atoms with Gasteiger partial charge in [-0.05, 0) is 49.9 Å². The largest absolute Gasteiger partial charge is 0.396 e. The van der Waals surface area contributed by atoms with Crippen LogP contribution in [0.15, 0.2) is 24.3 Å². The van der Waals surface area contributed by atoms with E-state index in [4.69, 9.17) is 0 Å². The maximum Gasteiger partial charge on any atom is 0.317 e. The van der Waals surface area contributed by atoms with Crippen molar-refractivity contribution in [3.63, 3.8) is 0 Å². The maximum absolute atomic E-state index is 12.4. The van der Waals surface area contributed by atoms with E-state index in [2.05, 4.69) is 29.3 Å². The highest BCUT2D eigenvalue weighted by Crippen LogP contribution is 2.34. The second kappa shape index (κ2) is 8.49. The first-order chi connectivity index (χ1) is 11.5. The molecule has 0 saturated carbocycles. The number of carbonyl (C=O) groups excluding carboxylic acids is 1. The minimum absolute atomic E-state index is 0.00402. The number of carbonyl (C=O) groups is 1. The van der Waals surface area contributed by atoms with Crippen LogP contribution in [-0.2, 0) is 13.1 Å². The van der Waals surface area contributed by atoms with E-state index in [1.165, 1.54) is 5.56 Å². The van der Waals surface area contributed by atoms with Crippen molar-refractivity contribution < 1.29 is 9.90 Å². The predicted molar refractivity (Wildman–Crippen MR) is 96.7 cm³/mol. The fourth-order valence-electron chi connectivity index (χ4n) is 3.30. The van der Waals surface area contributed by atoms with Crippen LogP contribution in [-0.4, -0.2) is 54.7 Å². The number of piperidine rings is 1. The molecule has 2 amide bonds. The van der Waals surface area contributed by atoms with Gasteiger partial charge in [-0.15, -0.1) is 0 Å². The van der Waals surface area contributed by atoms with E-state index in [1.807, 2.05) is 31.1 Å². The number of likely N-dealkylation sites (tertiary alicyclic amines) is 1. The number of aliphatic hydroxyl groups is 1. The van der Waals surface area contributed by atoms with Crippen LogP contribution in [0.5, 0.6) is 0 Å². The number of nitrogens with one attached hydrogen (secondary N) is 1. The molecule has 0 aliphatic carbocycles. The van der Waals surface area contributed by atoms with Gasteiger partial charge in [-0.25, -0.2) is 4.79 Å². The fraction of sp³-hybridized carbons (Fsp3) is 0.632. The third-order valence-corrected chi connectivity index (χ3v) is 5.13. The number of hydrogen-bond acceptors (Lipinski definition) is 3. The Labute approximate surface area is 145 Å². The van der Waals surface area contributed by atoms with Crippen LogP contribution >= 0.6 is 0 Å². The first-order valence-corrected chi connectivity index (χ1v) is 8.84. The van der Waals surface area contributed by atoms with Crippen molar-refractivity contribution in [3.05, 3.63) is 35.4 Å². The molecule has 1 aromatic rings. The summed E-state index contributed by atoms with van der Waals surface area (Å²) in [4.78, 5) is 16.4. The van der Waals surface area contributed by atoms with E-state index in [0.29, 0.717) is 6.54 Å². The predicted octanol–water partition coefficient (Wildman–Crippen LogP) is 2.44. The lowest BCUT2D eigenvalue weighted by Gasteiger charge is -2.40.